The van der Waals surface area contributed by atoms with Gasteiger partial charge in [-0.3, -0.25) is 4.79 Å². The van der Waals surface area contributed by atoms with Crippen molar-refractivity contribution in [2.75, 3.05) is 20.3 Å². The summed E-state index contributed by atoms with van der Waals surface area (Å²) >= 11 is 5.87. The van der Waals surface area contributed by atoms with E-state index in [2.05, 4.69) is 5.32 Å². The Morgan fingerprint density at radius 3 is 2.81 bits per heavy atom. The molecule has 0 atom stereocenters. The molecule has 0 aliphatic heterocycles. The van der Waals surface area contributed by atoms with Crippen LogP contribution in [0.2, 0.25) is 5.02 Å². The molecule has 16 heavy (non-hydrogen) atoms. The highest BCUT2D eigenvalue weighted by molar-refractivity contribution is 6.31. The fraction of sp³-hybridized carbons (Fsp3) is 0.364. The number of benzene rings is 1. The first-order valence-corrected chi connectivity index (χ1v) is 5.21. The number of hydrogen-bond acceptors (Lipinski definition) is 3. The first-order chi connectivity index (χ1) is 7.60. The summed E-state index contributed by atoms with van der Waals surface area (Å²) in [6.07, 6.45) is 0. The lowest BCUT2D eigenvalue weighted by atomic mass is 10.1. The highest BCUT2D eigenvalue weighted by atomic mass is 35.5. The van der Waals surface area contributed by atoms with Gasteiger partial charge in [0.25, 0.3) is 5.91 Å². The number of carbonyl (C=O) groups excluding carboxylic acids is 1. The molecule has 0 aliphatic rings. The molecule has 1 aromatic rings. The van der Waals surface area contributed by atoms with Gasteiger partial charge < -0.3 is 15.2 Å². The quantitative estimate of drug-likeness (QED) is 0.840. The van der Waals surface area contributed by atoms with E-state index < -0.39 is 0 Å². The van der Waals surface area contributed by atoms with Gasteiger partial charge in [-0.25, -0.2) is 0 Å². The Morgan fingerprint density at radius 2 is 2.25 bits per heavy atom. The summed E-state index contributed by atoms with van der Waals surface area (Å²) in [7, 11) is 1.50. The van der Waals surface area contributed by atoms with Gasteiger partial charge in [-0.2, -0.15) is 0 Å². The maximum absolute atomic E-state index is 11.7. The second-order valence-corrected chi connectivity index (χ2v) is 3.72. The van der Waals surface area contributed by atoms with Crippen molar-refractivity contribution in [3.63, 3.8) is 0 Å². The number of hydrogen-bond donors (Lipinski definition) is 2. The van der Waals surface area contributed by atoms with Crippen molar-refractivity contribution in [1.82, 2.24) is 5.32 Å². The molecule has 1 amide bonds. The Labute approximate surface area is 99.2 Å². The zero-order chi connectivity index (χ0) is 12.1. The number of rotatable bonds is 4. The maximum atomic E-state index is 11.7. The first-order valence-electron chi connectivity index (χ1n) is 4.83. The normalized spacial score (nSPS) is 10.0. The van der Waals surface area contributed by atoms with E-state index in [4.69, 9.17) is 21.4 Å². The van der Waals surface area contributed by atoms with Gasteiger partial charge in [0, 0.05) is 11.6 Å². The van der Waals surface area contributed by atoms with Crippen LogP contribution in [0.15, 0.2) is 12.1 Å². The molecule has 1 rings (SSSR count). The Bertz CT molecular complexity index is 393. The van der Waals surface area contributed by atoms with Crippen molar-refractivity contribution in [1.29, 1.82) is 0 Å². The number of ether oxygens (including phenoxy) is 1. The molecule has 0 aromatic heterocycles. The minimum absolute atomic E-state index is 0.104. The summed E-state index contributed by atoms with van der Waals surface area (Å²) in [5.74, 6) is 0.191. The highest BCUT2D eigenvalue weighted by Crippen LogP contribution is 2.27. The first kappa shape index (κ1) is 12.8. The van der Waals surface area contributed by atoms with Crippen LogP contribution in [0.25, 0.3) is 0 Å². The molecule has 0 saturated carbocycles. The molecule has 0 spiro atoms. The number of aryl methyl sites for hydroxylation is 1. The molecule has 0 saturated heterocycles. The predicted octanol–water partition coefficient (Wildman–Crippen LogP) is 1.38. The molecule has 0 heterocycles. The molecule has 1 aromatic carbocycles. The minimum Gasteiger partial charge on any atom is -0.496 e. The topological polar surface area (TPSA) is 58.6 Å². The zero-order valence-electron chi connectivity index (χ0n) is 9.21. The third-order valence-corrected chi connectivity index (χ3v) is 2.30. The van der Waals surface area contributed by atoms with E-state index in [0.717, 1.165) is 5.56 Å². The Balaban J connectivity index is 3.05. The van der Waals surface area contributed by atoms with Crippen LogP contribution in [-0.2, 0) is 0 Å². The Morgan fingerprint density at radius 1 is 1.56 bits per heavy atom. The molecule has 88 valence electrons. The van der Waals surface area contributed by atoms with Crippen molar-refractivity contribution in [3.8, 4) is 5.75 Å². The van der Waals surface area contributed by atoms with E-state index in [-0.39, 0.29) is 19.1 Å². The van der Waals surface area contributed by atoms with Crippen molar-refractivity contribution < 1.29 is 14.6 Å². The van der Waals surface area contributed by atoms with Crippen LogP contribution >= 0.6 is 11.6 Å². The lowest BCUT2D eigenvalue weighted by Crippen LogP contribution is -2.26. The standard InChI is InChI=1S/C11H14ClNO3/c1-7-5-8(12)6-9(10(7)16-2)11(15)13-3-4-14/h5-6,14H,3-4H2,1-2H3,(H,13,15). The van der Waals surface area contributed by atoms with E-state index in [1.54, 1.807) is 12.1 Å². The van der Waals surface area contributed by atoms with Crippen LogP contribution in [0.1, 0.15) is 15.9 Å². The van der Waals surface area contributed by atoms with E-state index >= 15 is 0 Å². The van der Waals surface area contributed by atoms with Crippen LogP contribution in [0.4, 0.5) is 0 Å². The Kier molecular flexibility index (Phi) is 4.58. The van der Waals surface area contributed by atoms with E-state index in [9.17, 15) is 4.79 Å². The molecule has 0 radical (unpaired) electrons. The van der Waals surface area contributed by atoms with E-state index in [0.29, 0.717) is 16.3 Å². The number of aliphatic hydroxyl groups is 1. The second-order valence-electron chi connectivity index (χ2n) is 3.28. The van der Waals surface area contributed by atoms with Gasteiger partial charge in [0.05, 0.1) is 19.3 Å². The zero-order valence-corrected chi connectivity index (χ0v) is 9.97. The highest BCUT2D eigenvalue weighted by Gasteiger charge is 2.14. The largest absolute Gasteiger partial charge is 0.496 e. The summed E-state index contributed by atoms with van der Waals surface area (Å²) < 4.78 is 5.15. The van der Waals surface area contributed by atoms with Gasteiger partial charge in [0.15, 0.2) is 0 Å². The smallest absolute Gasteiger partial charge is 0.255 e. The lowest BCUT2D eigenvalue weighted by molar-refractivity contribution is 0.0941. The maximum Gasteiger partial charge on any atom is 0.255 e. The molecule has 0 unspecified atom stereocenters. The molecular formula is C11H14ClNO3. The molecule has 4 nitrogen and oxygen atoms in total. The molecule has 0 aliphatic carbocycles. The number of carbonyl (C=O) groups is 1. The minimum atomic E-state index is -0.309. The van der Waals surface area contributed by atoms with Crippen molar-refractivity contribution in [2.45, 2.75) is 6.92 Å². The summed E-state index contributed by atoms with van der Waals surface area (Å²) in [6, 6.07) is 3.27. The molecule has 2 N–H and O–H groups in total. The van der Waals surface area contributed by atoms with E-state index in [1.807, 2.05) is 6.92 Å². The number of aliphatic hydroxyl groups excluding tert-OH is 1. The SMILES string of the molecule is COc1c(C)cc(Cl)cc1C(=O)NCCO. The fourth-order valence-corrected chi connectivity index (χ4v) is 1.71. The summed E-state index contributed by atoms with van der Waals surface area (Å²) in [6.45, 7) is 1.91. The third-order valence-electron chi connectivity index (χ3n) is 2.09. The van der Waals surface area contributed by atoms with Gasteiger partial charge in [0.1, 0.15) is 5.75 Å². The van der Waals surface area contributed by atoms with Crippen molar-refractivity contribution in [2.24, 2.45) is 0 Å². The van der Waals surface area contributed by atoms with Crippen molar-refractivity contribution >= 4 is 17.5 Å². The predicted molar refractivity (Wildman–Crippen MR) is 62.2 cm³/mol. The average Bonchev–Trinajstić information content (AvgIpc) is 2.24. The molecule has 5 heteroatoms. The van der Waals surface area contributed by atoms with Gasteiger partial charge in [-0.15, -0.1) is 0 Å². The van der Waals surface area contributed by atoms with Crippen LogP contribution in [0, 0.1) is 6.92 Å². The molecule has 0 fully saturated rings. The van der Waals surface area contributed by atoms with Gasteiger partial charge in [-0.05, 0) is 24.6 Å². The van der Waals surface area contributed by atoms with Gasteiger partial charge in [0.2, 0.25) is 0 Å². The van der Waals surface area contributed by atoms with Gasteiger partial charge >= 0.3 is 0 Å². The lowest BCUT2D eigenvalue weighted by Gasteiger charge is -2.11. The van der Waals surface area contributed by atoms with Crippen LogP contribution < -0.4 is 10.1 Å². The summed E-state index contributed by atoms with van der Waals surface area (Å²) in [5, 5.41) is 11.7. The number of nitrogens with one attached hydrogen (secondary N) is 1. The van der Waals surface area contributed by atoms with Crippen molar-refractivity contribution in [3.05, 3.63) is 28.3 Å². The molecule has 0 bridgehead atoms. The molecular weight excluding hydrogens is 230 g/mol. The van der Waals surface area contributed by atoms with Crippen LogP contribution in [0.5, 0.6) is 5.75 Å². The number of amides is 1. The summed E-state index contributed by atoms with van der Waals surface area (Å²) in [4.78, 5) is 11.7. The van der Waals surface area contributed by atoms with E-state index in [1.165, 1.54) is 7.11 Å². The fourth-order valence-electron chi connectivity index (χ4n) is 1.43. The second kappa shape index (κ2) is 5.72. The average molecular weight is 244 g/mol. The summed E-state index contributed by atoms with van der Waals surface area (Å²) in [5.41, 5.74) is 1.17. The monoisotopic (exact) mass is 243 g/mol. The number of methoxy groups -OCH3 is 1. The van der Waals surface area contributed by atoms with Crippen LogP contribution in [0.3, 0.4) is 0 Å². The third kappa shape index (κ3) is 2.87. The Hall–Kier alpha value is -1.26. The van der Waals surface area contributed by atoms with Gasteiger partial charge in [-0.1, -0.05) is 11.6 Å². The van der Waals surface area contributed by atoms with Crippen LogP contribution in [-0.4, -0.2) is 31.3 Å². The number of halogens is 1.